The van der Waals surface area contributed by atoms with Crippen molar-refractivity contribution in [2.24, 2.45) is 0 Å². The molecule has 0 saturated heterocycles. The number of aryl methyl sites for hydroxylation is 2. The van der Waals surface area contributed by atoms with Crippen LogP contribution in [0.15, 0.2) is 22.7 Å². The summed E-state index contributed by atoms with van der Waals surface area (Å²) in [5.41, 5.74) is 4.64. The van der Waals surface area contributed by atoms with Crippen LogP contribution in [-0.2, 0) is 0 Å². The highest BCUT2D eigenvalue weighted by Crippen LogP contribution is 2.40. The number of anilines is 3. The zero-order chi connectivity index (χ0) is 16.6. The molecule has 1 aromatic carbocycles. The molecule has 4 nitrogen and oxygen atoms in total. The van der Waals surface area contributed by atoms with Crippen molar-refractivity contribution < 1.29 is 0 Å². The standard InChI is InChI=1S/C18H23BrN4/c1-10(2)20-18-21-15(13-5-6-13)9-16(23-18)22-17-11(3)7-14(19)8-12(17)4/h7-10,13H,5-6H2,1-4H3,(H2,20,21,22,23). The lowest BCUT2D eigenvalue weighted by atomic mass is 10.1. The topological polar surface area (TPSA) is 49.8 Å². The molecule has 0 amide bonds. The summed E-state index contributed by atoms with van der Waals surface area (Å²) in [6.07, 6.45) is 2.46. The molecule has 0 unspecified atom stereocenters. The Morgan fingerprint density at radius 1 is 1.09 bits per heavy atom. The Morgan fingerprint density at radius 3 is 2.30 bits per heavy atom. The molecule has 1 saturated carbocycles. The molecule has 0 aliphatic heterocycles. The summed E-state index contributed by atoms with van der Waals surface area (Å²) in [5.74, 6) is 2.16. The summed E-state index contributed by atoms with van der Waals surface area (Å²) in [6, 6.07) is 6.63. The van der Waals surface area contributed by atoms with E-state index in [-0.39, 0.29) is 0 Å². The van der Waals surface area contributed by atoms with E-state index in [2.05, 4.69) is 82.4 Å². The lowest BCUT2D eigenvalue weighted by Crippen LogP contribution is -2.14. The van der Waals surface area contributed by atoms with Gasteiger partial charge in [-0.1, -0.05) is 15.9 Å². The molecule has 0 bridgehead atoms. The molecule has 2 N–H and O–H groups in total. The highest BCUT2D eigenvalue weighted by molar-refractivity contribution is 9.10. The number of nitrogens with zero attached hydrogens (tertiary/aromatic N) is 2. The van der Waals surface area contributed by atoms with Crippen molar-refractivity contribution in [3.63, 3.8) is 0 Å². The fraction of sp³-hybridized carbons (Fsp3) is 0.444. The van der Waals surface area contributed by atoms with Gasteiger partial charge >= 0.3 is 0 Å². The smallest absolute Gasteiger partial charge is 0.225 e. The van der Waals surface area contributed by atoms with Gasteiger partial charge in [-0.2, -0.15) is 4.98 Å². The molecule has 1 aliphatic carbocycles. The Kier molecular flexibility index (Phi) is 4.57. The van der Waals surface area contributed by atoms with Gasteiger partial charge < -0.3 is 10.6 Å². The van der Waals surface area contributed by atoms with Gasteiger partial charge in [0.25, 0.3) is 0 Å². The zero-order valence-corrected chi connectivity index (χ0v) is 15.7. The second kappa shape index (κ2) is 6.48. The van der Waals surface area contributed by atoms with Crippen molar-refractivity contribution in [2.75, 3.05) is 10.6 Å². The van der Waals surface area contributed by atoms with Gasteiger partial charge in [0.1, 0.15) is 5.82 Å². The SMILES string of the molecule is Cc1cc(Br)cc(C)c1Nc1cc(C2CC2)nc(NC(C)C)n1. The largest absolute Gasteiger partial charge is 0.352 e. The van der Waals surface area contributed by atoms with Crippen LogP contribution in [-0.4, -0.2) is 16.0 Å². The fourth-order valence-electron chi connectivity index (χ4n) is 2.68. The average Bonchev–Trinajstić information content (AvgIpc) is 3.26. The van der Waals surface area contributed by atoms with E-state index in [0.717, 1.165) is 21.7 Å². The second-order valence-electron chi connectivity index (χ2n) is 6.61. The maximum absolute atomic E-state index is 4.67. The Hall–Kier alpha value is -1.62. The van der Waals surface area contributed by atoms with Crippen LogP contribution >= 0.6 is 15.9 Å². The van der Waals surface area contributed by atoms with E-state index < -0.39 is 0 Å². The third kappa shape index (κ3) is 4.02. The van der Waals surface area contributed by atoms with Crippen LogP contribution in [0.25, 0.3) is 0 Å². The second-order valence-corrected chi connectivity index (χ2v) is 7.53. The van der Waals surface area contributed by atoms with Gasteiger partial charge in [-0.05, 0) is 63.8 Å². The third-order valence-corrected chi connectivity index (χ3v) is 4.37. The quantitative estimate of drug-likeness (QED) is 0.745. The van der Waals surface area contributed by atoms with Crippen LogP contribution in [0.2, 0.25) is 0 Å². The molecule has 3 rings (SSSR count). The van der Waals surface area contributed by atoms with Crippen LogP contribution in [0.3, 0.4) is 0 Å². The minimum Gasteiger partial charge on any atom is -0.352 e. The molecule has 1 aromatic heterocycles. The summed E-state index contributed by atoms with van der Waals surface area (Å²) in [4.78, 5) is 9.31. The van der Waals surface area contributed by atoms with Gasteiger partial charge in [0, 0.05) is 28.2 Å². The van der Waals surface area contributed by atoms with Crippen molar-refractivity contribution in [1.29, 1.82) is 0 Å². The number of hydrogen-bond donors (Lipinski definition) is 2. The zero-order valence-electron chi connectivity index (χ0n) is 14.1. The molecule has 5 heteroatoms. The summed E-state index contributed by atoms with van der Waals surface area (Å²) >= 11 is 3.55. The molecule has 0 radical (unpaired) electrons. The molecule has 1 aliphatic rings. The molecule has 23 heavy (non-hydrogen) atoms. The maximum Gasteiger partial charge on any atom is 0.225 e. The van der Waals surface area contributed by atoms with Crippen molar-refractivity contribution in [1.82, 2.24) is 9.97 Å². The van der Waals surface area contributed by atoms with Crippen LogP contribution < -0.4 is 10.6 Å². The van der Waals surface area contributed by atoms with Gasteiger partial charge in [0.05, 0.1) is 5.69 Å². The lowest BCUT2D eigenvalue weighted by Gasteiger charge is -2.15. The fourth-order valence-corrected chi connectivity index (χ4v) is 3.36. The van der Waals surface area contributed by atoms with E-state index in [9.17, 15) is 0 Å². The number of halogens is 1. The van der Waals surface area contributed by atoms with Crippen LogP contribution in [0, 0.1) is 13.8 Å². The highest BCUT2D eigenvalue weighted by Gasteiger charge is 2.26. The Bertz CT molecular complexity index is 700. The van der Waals surface area contributed by atoms with Gasteiger partial charge in [-0.3, -0.25) is 0 Å². The first-order chi connectivity index (χ1) is 10.9. The van der Waals surface area contributed by atoms with E-state index in [1.165, 1.54) is 24.0 Å². The molecule has 122 valence electrons. The Morgan fingerprint density at radius 2 is 1.74 bits per heavy atom. The number of benzene rings is 1. The van der Waals surface area contributed by atoms with E-state index in [1.807, 2.05) is 0 Å². The number of rotatable bonds is 5. The first-order valence-corrected chi connectivity index (χ1v) is 8.91. The van der Waals surface area contributed by atoms with Gasteiger partial charge in [-0.25, -0.2) is 4.98 Å². The number of hydrogen-bond acceptors (Lipinski definition) is 4. The first-order valence-electron chi connectivity index (χ1n) is 8.11. The summed E-state index contributed by atoms with van der Waals surface area (Å²) in [6.45, 7) is 8.42. The monoisotopic (exact) mass is 374 g/mol. The minimum absolute atomic E-state index is 0.313. The number of aromatic nitrogens is 2. The van der Waals surface area contributed by atoms with E-state index in [1.54, 1.807) is 0 Å². The maximum atomic E-state index is 4.67. The van der Waals surface area contributed by atoms with Crippen LogP contribution in [0.4, 0.5) is 17.5 Å². The highest BCUT2D eigenvalue weighted by atomic mass is 79.9. The number of nitrogens with one attached hydrogen (secondary N) is 2. The van der Waals surface area contributed by atoms with Crippen LogP contribution in [0.5, 0.6) is 0 Å². The molecule has 2 aromatic rings. The summed E-state index contributed by atoms with van der Waals surface area (Å²) < 4.78 is 1.10. The molecule has 1 fully saturated rings. The van der Waals surface area contributed by atoms with Crippen molar-refractivity contribution in [3.05, 3.63) is 39.5 Å². The third-order valence-electron chi connectivity index (χ3n) is 3.91. The lowest BCUT2D eigenvalue weighted by molar-refractivity contribution is 0.864. The van der Waals surface area contributed by atoms with E-state index in [0.29, 0.717) is 17.9 Å². The predicted octanol–water partition coefficient (Wildman–Crippen LogP) is 5.30. The first kappa shape index (κ1) is 16.2. The molecule has 0 atom stereocenters. The van der Waals surface area contributed by atoms with Crippen molar-refractivity contribution in [3.8, 4) is 0 Å². The van der Waals surface area contributed by atoms with Gasteiger partial charge in [0.15, 0.2) is 0 Å². The molecule has 1 heterocycles. The Labute approximate surface area is 146 Å². The van der Waals surface area contributed by atoms with Gasteiger partial charge in [-0.15, -0.1) is 0 Å². The molecule has 0 spiro atoms. The molecular formula is C18H23BrN4. The van der Waals surface area contributed by atoms with Gasteiger partial charge in [0.2, 0.25) is 5.95 Å². The summed E-state index contributed by atoms with van der Waals surface area (Å²) in [7, 11) is 0. The minimum atomic E-state index is 0.313. The van der Waals surface area contributed by atoms with Crippen molar-refractivity contribution >= 4 is 33.4 Å². The molecular weight excluding hydrogens is 352 g/mol. The van der Waals surface area contributed by atoms with Crippen molar-refractivity contribution in [2.45, 2.75) is 52.5 Å². The predicted molar refractivity (Wildman–Crippen MR) is 99.7 cm³/mol. The normalized spacial score (nSPS) is 14.2. The van der Waals surface area contributed by atoms with Crippen LogP contribution in [0.1, 0.15) is 49.4 Å². The van der Waals surface area contributed by atoms with E-state index >= 15 is 0 Å². The average molecular weight is 375 g/mol. The summed E-state index contributed by atoms with van der Waals surface area (Å²) in [5, 5.41) is 6.82. The Balaban J connectivity index is 1.94. The van der Waals surface area contributed by atoms with E-state index in [4.69, 9.17) is 0 Å².